The van der Waals surface area contributed by atoms with E-state index in [-0.39, 0.29) is 5.91 Å². The molecule has 2 N–H and O–H groups in total. The van der Waals surface area contributed by atoms with Crippen molar-refractivity contribution in [3.8, 4) is 0 Å². The molecule has 3 aromatic rings. The number of amides is 1. The average molecular weight is 279 g/mol. The van der Waals surface area contributed by atoms with E-state index in [1.54, 1.807) is 6.20 Å². The molecule has 21 heavy (non-hydrogen) atoms. The highest BCUT2D eigenvalue weighted by atomic mass is 16.1. The number of hydrogen-bond donors (Lipinski definition) is 2. The van der Waals surface area contributed by atoms with Gasteiger partial charge in [-0.1, -0.05) is 17.7 Å². The zero-order valence-corrected chi connectivity index (χ0v) is 12.3. The molecule has 4 nitrogen and oxygen atoms in total. The van der Waals surface area contributed by atoms with Crippen molar-refractivity contribution in [1.82, 2.24) is 9.97 Å². The third-order valence-electron chi connectivity index (χ3n) is 3.68. The number of aromatic nitrogens is 2. The number of nitrogens with zero attached hydrogens (tertiary/aromatic N) is 1. The fraction of sp³-hybridized carbons (Fsp3) is 0.176. The summed E-state index contributed by atoms with van der Waals surface area (Å²) >= 11 is 0. The van der Waals surface area contributed by atoms with Crippen LogP contribution in [-0.2, 0) is 0 Å². The van der Waals surface area contributed by atoms with E-state index in [2.05, 4.69) is 21.4 Å². The lowest BCUT2D eigenvalue weighted by molar-refractivity contribution is 0.102. The number of nitrogens with one attached hydrogen (secondary N) is 2. The van der Waals surface area contributed by atoms with Crippen LogP contribution >= 0.6 is 0 Å². The number of anilines is 1. The lowest BCUT2D eigenvalue weighted by Gasteiger charge is -2.06. The number of carbonyl (C=O) groups is 1. The highest BCUT2D eigenvalue weighted by Crippen LogP contribution is 2.23. The number of H-pyrrole nitrogens is 1. The van der Waals surface area contributed by atoms with Gasteiger partial charge in [0.05, 0.1) is 0 Å². The van der Waals surface area contributed by atoms with Crippen molar-refractivity contribution in [2.45, 2.75) is 20.8 Å². The zero-order valence-electron chi connectivity index (χ0n) is 12.3. The first-order chi connectivity index (χ1) is 10.1. The molecule has 3 rings (SSSR count). The van der Waals surface area contributed by atoms with E-state index in [4.69, 9.17) is 0 Å². The molecule has 1 aromatic carbocycles. The molecule has 0 radical (unpaired) electrons. The zero-order chi connectivity index (χ0) is 15.0. The average Bonchev–Trinajstić information content (AvgIpc) is 2.79. The maximum atomic E-state index is 12.5. The van der Waals surface area contributed by atoms with Crippen LogP contribution in [-0.4, -0.2) is 15.9 Å². The first-order valence-electron chi connectivity index (χ1n) is 6.88. The molecule has 2 aromatic heterocycles. The summed E-state index contributed by atoms with van der Waals surface area (Å²) in [5.41, 5.74) is 4.63. The van der Waals surface area contributed by atoms with Crippen LogP contribution in [0.4, 0.5) is 5.82 Å². The van der Waals surface area contributed by atoms with Gasteiger partial charge in [0.25, 0.3) is 5.91 Å². The molecule has 106 valence electrons. The van der Waals surface area contributed by atoms with Crippen molar-refractivity contribution in [3.05, 3.63) is 58.9 Å². The standard InChI is InChI=1S/C17H17N3O/c1-10-6-7-14-13(9-10)12(3)15(19-14)17(21)20-16-11(2)5-4-8-18-16/h4-9,19H,1-3H3,(H,18,20,21). The van der Waals surface area contributed by atoms with Gasteiger partial charge in [-0.15, -0.1) is 0 Å². The highest BCUT2D eigenvalue weighted by molar-refractivity contribution is 6.07. The molecule has 0 spiro atoms. The minimum absolute atomic E-state index is 0.164. The highest BCUT2D eigenvalue weighted by Gasteiger charge is 2.15. The molecule has 2 heterocycles. The van der Waals surface area contributed by atoms with Gasteiger partial charge in [-0.25, -0.2) is 4.98 Å². The number of benzene rings is 1. The number of aryl methyl sites for hydroxylation is 3. The topological polar surface area (TPSA) is 57.8 Å². The molecular formula is C17H17N3O. The summed E-state index contributed by atoms with van der Waals surface area (Å²) < 4.78 is 0. The molecule has 1 amide bonds. The summed E-state index contributed by atoms with van der Waals surface area (Å²) in [6, 6.07) is 9.89. The van der Waals surface area contributed by atoms with E-state index in [0.29, 0.717) is 11.5 Å². The van der Waals surface area contributed by atoms with Crippen molar-refractivity contribution < 1.29 is 4.79 Å². The number of rotatable bonds is 2. The number of fused-ring (bicyclic) bond motifs is 1. The lowest BCUT2D eigenvalue weighted by atomic mass is 10.1. The van der Waals surface area contributed by atoms with Crippen molar-refractivity contribution in [1.29, 1.82) is 0 Å². The lowest BCUT2D eigenvalue weighted by Crippen LogP contribution is -2.15. The largest absolute Gasteiger partial charge is 0.350 e. The van der Waals surface area contributed by atoms with Crippen molar-refractivity contribution in [3.63, 3.8) is 0 Å². The van der Waals surface area contributed by atoms with Gasteiger partial charge in [-0.05, 0) is 50.1 Å². The molecule has 0 unspecified atom stereocenters. The van der Waals surface area contributed by atoms with Crippen LogP contribution in [0.2, 0.25) is 0 Å². The molecule has 0 aliphatic carbocycles. The van der Waals surface area contributed by atoms with E-state index in [0.717, 1.165) is 22.0 Å². The Labute approximate surface area is 123 Å². The summed E-state index contributed by atoms with van der Waals surface area (Å²) in [6.07, 6.45) is 1.67. The quantitative estimate of drug-likeness (QED) is 0.750. The second-order valence-corrected chi connectivity index (χ2v) is 5.30. The molecule has 0 aliphatic heterocycles. The molecule has 0 saturated carbocycles. The van der Waals surface area contributed by atoms with E-state index in [1.165, 1.54) is 5.56 Å². The fourth-order valence-corrected chi connectivity index (χ4v) is 2.45. The monoisotopic (exact) mass is 279 g/mol. The summed E-state index contributed by atoms with van der Waals surface area (Å²) in [5, 5.41) is 3.94. The van der Waals surface area contributed by atoms with Gasteiger partial charge >= 0.3 is 0 Å². The van der Waals surface area contributed by atoms with E-state index < -0.39 is 0 Å². The normalized spacial score (nSPS) is 10.8. The van der Waals surface area contributed by atoms with Crippen LogP contribution in [0.25, 0.3) is 10.9 Å². The second-order valence-electron chi connectivity index (χ2n) is 5.30. The van der Waals surface area contributed by atoms with Gasteiger partial charge < -0.3 is 10.3 Å². The van der Waals surface area contributed by atoms with Gasteiger partial charge in [0, 0.05) is 17.1 Å². The van der Waals surface area contributed by atoms with Gasteiger partial charge in [0.15, 0.2) is 0 Å². The molecule has 0 fully saturated rings. The maximum absolute atomic E-state index is 12.5. The Balaban J connectivity index is 1.99. The van der Waals surface area contributed by atoms with Gasteiger partial charge in [0.2, 0.25) is 0 Å². The van der Waals surface area contributed by atoms with Crippen molar-refractivity contribution >= 4 is 22.6 Å². The fourth-order valence-electron chi connectivity index (χ4n) is 2.45. The van der Waals surface area contributed by atoms with Crippen LogP contribution in [0.15, 0.2) is 36.5 Å². The Morgan fingerprint density at radius 1 is 1.19 bits per heavy atom. The molecular weight excluding hydrogens is 262 g/mol. The number of carbonyl (C=O) groups excluding carboxylic acids is 1. The van der Waals surface area contributed by atoms with Crippen LogP contribution in [0, 0.1) is 20.8 Å². The van der Waals surface area contributed by atoms with E-state index in [9.17, 15) is 4.79 Å². The second kappa shape index (κ2) is 5.05. The van der Waals surface area contributed by atoms with Gasteiger partial charge in [-0.2, -0.15) is 0 Å². The molecule has 4 heteroatoms. The summed E-state index contributed by atoms with van der Waals surface area (Å²) in [7, 11) is 0. The predicted molar refractivity (Wildman–Crippen MR) is 84.7 cm³/mol. The Morgan fingerprint density at radius 3 is 2.76 bits per heavy atom. The summed E-state index contributed by atoms with van der Waals surface area (Å²) in [6.45, 7) is 5.92. The Morgan fingerprint density at radius 2 is 2.00 bits per heavy atom. The van der Waals surface area contributed by atoms with Crippen molar-refractivity contribution in [2.75, 3.05) is 5.32 Å². The Kier molecular flexibility index (Phi) is 3.22. The number of hydrogen-bond acceptors (Lipinski definition) is 2. The van der Waals surface area contributed by atoms with Crippen LogP contribution < -0.4 is 5.32 Å². The molecule has 0 atom stereocenters. The summed E-state index contributed by atoms with van der Waals surface area (Å²) in [4.78, 5) is 19.8. The minimum Gasteiger partial charge on any atom is -0.350 e. The smallest absolute Gasteiger partial charge is 0.273 e. The van der Waals surface area contributed by atoms with Gasteiger partial charge in [-0.3, -0.25) is 4.79 Å². The molecule has 0 aliphatic rings. The third kappa shape index (κ3) is 2.40. The first-order valence-corrected chi connectivity index (χ1v) is 6.88. The number of pyridine rings is 1. The predicted octanol–water partition coefficient (Wildman–Crippen LogP) is 3.74. The maximum Gasteiger partial charge on any atom is 0.273 e. The third-order valence-corrected chi connectivity index (χ3v) is 3.68. The number of aromatic amines is 1. The summed E-state index contributed by atoms with van der Waals surface area (Å²) in [5.74, 6) is 0.430. The SMILES string of the molecule is Cc1ccc2[nH]c(C(=O)Nc3ncccc3C)c(C)c2c1. The molecule has 0 bridgehead atoms. The first kappa shape index (κ1) is 13.4. The van der Waals surface area contributed by atoms with E-state index in [1.807, 2.05) is 45.0 Å². The minimum atomic E-state index is -0.164. The Hall–Kier alpha value is -2.62. The van der Waals surface area contributed by atoms with E-state index >= 15 is 0 Å². The van der Waals surface area contributed by atoms with Crippen molar-refractivity contribution in [2.24, 2.45) is 0 Å². The Bertz CT molecular complexity index is 833. The van der Waals surface area contributed by atoms with Crippen LogP contribution in [0.1, 0.15) is 27.2 Å². The van der Waals surface area contributed by atoms with Crippen LogP contribution in [0.3, 0.4) is 0 Å². The molecule has 0 saturated heterocycles. The van der Waals surface area contributed by atoms with Gasteiger partial charge in [0.1, 0.15) is 11.5 Å². The van der Waals surface area contributed by atoms with Crippen LogP contribution in [0.5, 0.6) is 0 Å².